The molecule has 1 aliphatic rings. The standard InChI is InChI=1S/C25H27F3N2O5/c1-2-3-12-20(23(32)33)29-22(31)13-21(25(26,27)28)30-24(34)35-14-19-17-10-6-4-8-15(17)16-9-5-7-11-18(16)19/h4-11,19-21H,2-3,12-14H2,1H3,(H,29,31)(H,30,34)(H,32,33)/t20-,21?/m0/s1. The van der Waals surface area contributed by atoms with Crippen molar-refractivity contribution in [2.45, 2.75) is 56.8 Å². The summed E-state index contributed by atoms with van der Waals surface area (Å²) in [6, 6.07) is 11.2. The van der Waals surface area contributed by atoms with Gasteiger partial charge in [-0.05, 0) is 28.7 Å². The first-order valence-corrected chi connectivity index (χ1v) is 11.3. The summed E-state index contributed by atoms with van der Waals surface area (Å²) in [5.41, 5.74) is 3.75. The summed E-state index contributed by atoms with van der Waals surface area (Å²) in [4.78, 5) is 35.7. The van der Waals surface area contributed by atoms with E-state index in [1.54, 1.807) is 5.32 Å². The van der Waals surface area contributed by atoms with Gasteiger partial charge in [0.15, 0.2) is 0 Å². The molecule has 2 aromatic carbocycles. The van der Waals surface area contributed by atoms with Gasteiger partial charge in [-0.25, -0.2) is 9.59 Å². The molecule has 0 saturated carbocycles. The Bertz CT molecular complexity index is 1030. The lowest BCUT2D eigenvalue weighted by Gasteiger charge is -2.23. The van der Waals surface area contributed by atoms with Gasteiger partial charge in [-0.3, -0.25) is 4.79 Å². The van der Waals surface area contributed by atoms with Gasteiger partial charge in [-0.2, -0.15) is 13.2 Å². The number of hydrogen-bond acceptors (Lipinski definition) is 4. The van der Waals surface area contributed by atoms with Crippen LogP contribution in [0.2, 0.25) is 0 Å². The van der Waals surface area contributed by atoms with Crippen LogP contribution in [-0.2, 0) is 14.3 Å². The second-order valence-electron chi connectivity index (χ2n) is 8.37. The number of fused-ring (bicyclic) bond motifs is 3. The second-order valence-corrected chi connectivity index (χ2v) is 8.37. The van der Waals surface area contributed by atoms with Crippen LogP contribution in [0.3, 0.4) is 0 Å². The number of hydrogen-bond donors (Lipinski definition) is 3. The lowest BCUT2D eigenvalue weighted by Crippen LogP contribution is -2.50. The fraction of sp³-hybridized carbons (Fsp3) is 0.400. The molecule has 0 bridgehead atoms. The molecule has 2 aromatic rings. The van der Waals surface area contributed by atoms with Crippen molar-refractivity contribution in [3.63, 3.8) is 0 Å². The van der Waals surface area contributed by atoms with Crippen LogP contribution in [0.5, 0.6) is 0 Å². The van der Waals surface area contributed by atoms with Crippen LogP contribution in [0.15, 0.2) is 48.5 Å². The van der Waals surface area contributed by atoms with E-state index in [4.69, 9.17) is 4.74 Å². The maximum Gasteiger partial charge on any atom is 0.409 e. The summed E-state index contributed by atoms with van der Waals surface area (Å²) in [5.74, 6) is -2.80. The van der Waals surface area contributed by atoms with E-state index in [2.05, 4.69) is 5.32 Å². The molecule has 10 heteroatoms. The van der Waals surface area contributed by atoms with Crippen LogP contribution in [0.25, 0.3) is 11.1 Å². The smallest absolute Gasteiger partial charge is 0.409 e. The molecule has 0 aliphatic heterocycles. The maximum absolute atomic E-state index is 13.5. The highest BCUT2D eigenvalue weighted by Crippen LogP contribution is 2.44. The predicted molar refractivity (Wildman–Crippen MR) is 122 cm³/mol. The number of nitrogens with one attached hydrogen (secondary N) is 2. The highest BCUT2D eigenvalue weighted by atomic mass is 19.4. The molecular weight excluding hydrogens is 465 g/mol. The van der Waals surface area contributed by atoms with Gasteiger partial charge in [0.2, 0.25) is 5.91 Å². The number of unbranched alkanes of at least 4 members (excludes halogenated alkanes) is 1. The average molecular weight is 492 g/mol. The molecule has 1 aliphatic carbocycles. The van der Waals surface area contributed by atoms with Crippen molar-refractivity contribution in [3.05, 3.63) is 59.7 Å². The Balaban J connectivity index is 1.62. The fourth-order valence-electron chi connectivity index (χ4n) is 4.14. The molecule has 0 aromatic heterocycles. The maximum atomic E-state index is 13.5. The fourth-order valence-corrected chi connectivity index (χ4v) is 4.14. The van der Waals surface area contributed by atoms with Crippen molar-refractivity contribution >= 4 is 18.0 Å². The molecule has 2 amide bonds. The van der Waals surface area contributed by atoms with Gasteiger partial charge in [0.05, 0.1) is 6.42 Å². The zero-order chi connectivity index (χ0) is 25.6. The number of carbonyl (C=O) groups excluding carboxylic acids is 2. The lowest BCUT2D eigenvalue weighted by atomic mass is 9.98. The van der Waals surface area contributed by atoms with E-state index in [9.17, 15) is 32.7 Å². The second kappa shape index (κ2) is 11.2. The molecule has 0 heterocycles. The van der Waals surface area contributed by atoms with Crippen molar-refractivity contribution in [1.82, 2.24) is 10.6 Å². The number of carboxylic acids is 1. The summed E-state index contributed by atoms with van der Waals surface area (Å²) in [6.45, 7) is 1.63. The van der Waals surface area contributed by atoms with Gasteiger partial charge in [0.1, 0.15) is 18.7 Å². The average Bonchev–Trinajstić information content (AvgIpc) is 3.13. The van der Waals surface area contributed by atoms with E-state index in [0.717, 1.165) is 22.3 Å². The minimum atomic E-state index is -4.94. The van der Waals surface area contributed by atoms with Crippen LogP contribution in [0, 0.1) is 0 Å². The quantitative estimate of drug-likeness (QED) is 0.450. The van der Waals surface area contributed by atoms with Crippen LogP contribution in [0.4, 0.5) is 18.0 Å². The van der Waals surface area contributed by atoms with Crippen molar-refractivity contribution in [3.8, 4) is 11.1 Å². The van der Waals surface area contributed by atoms with Gasteiger partial charge >= 0.3 is 18.2 Å². The molecule has 3 rings (SSSR count). The number of alkyl halides is 3. The highest BCUT2D eigenvalue weighted by Gasteiger charge is 2.43. The highest BCUT2D eigenvalue weighted by molar-refractivity contribution is 5.84. The SMILES string of the molecule is CCCC[C@H](NC(=O)CC(NC(=O)OCC1c2ccccc2-c2ccccc21)C(F)(F)F)C(=O)O. The van der Waals surface area contributed by atoms with Gasteiger partial charge in [0, 0.05) is 5.92 Å². The summed E-state index contributed by atoms with van der Waals surface area (Å²) >= 11 is 0. The molecule has 3 N–H and O–H groups in total. The van der Waals surface area contributed by atoms with E-state index in [1.807, 2.05) is 55.5 Å². The van der Waals surface area contributed by atoms with Gasteiger partial charge in [-0.1, -0.05) is 68.3 Å². The molecule has 0 fully saturated rings. The number of rotatable bonds is 10. The first-order valence-electron chi connectivity index (χ1n) is 11.3. The van der Waals surface area contributed by atoms with Crippen LogP contribution >= 0.6 is 0 Å². The molecule has 0 radical (unpaired) electrons. The van der Waals surface area contributed by atoms with Crippen LogP contribution < -0.4 is 10.6 Å². The molecule has 1 unspecified atom stereocenters. The normalized spacial score (nSPS) is 14.4. The minimum Gasteiger partial charge on any atom is -0.480 e. The lowest BCUT2D eigenvalue weighted by molar-refractivity contribution is -0.161. The first kappa shape index (κ1) is 26.1. The Hall–Kier alpha value is -3.56. The van der Waals surface area contributed by atoms with E-state index >= 15 is 0 Å². The van der Waals surface area contributed by atoms with Gasteiger partial charge < -0.3 is 20.5 Å². The Kier molecular flexibility index (Phi) is 8.37. The zero-order valence-corrected chi connectivity index (χ0v) is 19.1. The molecule has 188 valence electrons. The van der Waals surface area contributed by atoms with Crippen molar-refractivity contribution in [2.24, 2.45) is 0 Å². The molecule has 7 nitrogen and oxygen atoms in total. The number of carboxylic acid groups (broad SMARTS) is 1. The third-order valence-electron chi connectivity index (χ3n) is 5.90. The summed E-state index contributed by atoms with van der Waals surface area (Å²) in [6.07, 6.45) is -6.18. The Morgan fingerprint density at radius 3 is 2.09 bits per heavy atom. The van der Waals surface area contributed by atoms with E-state index < -0.39 is 42.7 Å². The largest absolute Gasteiger partial charge is 0.480 e. The third-order valence-corrected chi connectivity index (χ3v) is 5.90. The Morgan fingerprint density at radius 2 is 1.57 bits per heavy atom. The number of carbonyl (C=O) groups is 3. The molecular formula is C25H27F3N2O5. The van der Waals surface area contributed by atoms with Gasteiger partial charge in [0.25, 0.3) is 0 Å². The third kappa shape index (κ3) is 6.52. The Morgan fingerprint density at radius 1 is 1.00 bits per heavy atom. The Labute approximate surface area is 200 Å². The minimum absolute atomic E-state index is 0.0913. The van der Waals surface area contributed by atoms with Crippen molar-refractivity contribution in [2.75, 3.05) is 6.61 Å². The summed E-state index contributed by atoms with van der Waals surface area (Å²) < 4.78 is 45.7. The summed E-state index contributed by atoms with van der Waals surface area (Å²) in [5, 5.41) is 13.0. The zero-order valence-electron chi connectivity index (χ0n) is 19.1. The predicted octanol–water partition coefficient (Wildman–Crippen LogP) is 4.61. The summed E-state index contributed by atoms with van der Waals surface area (Å²) in [7, 11) is 0. The van der Waals surface area contributed by atoms with Crippen LogP contribution in [-0.4, -0.2) is 47.9 Å². The first-order chi connectivity index (χ1) is 16.6. The number of benzene rings is 2. The topological polar surface area (TPSA) is 105 Å². The van der Waals surface area contributed by atoms with E-state index in [0.29, 0.717) is 12.8 Å². The van der Waals surface area contributed by atoms with E-state index in [1.165, 1.54) is 0 Å². The monoisotopic (exact) mass is 492 g/mol. The number of halogens is 3. The van der Waals surface area contributed by atoms with Crippen molar-refractivity contribution < 1.29 is 37.4 Å². The van der Waals surface area contributed by atoms with Crippen LogP contribution in [0.1, 0.15) is 49.7 Å². The molecule has 2 atom stereocenters. The number of aliphatic carboxylic acids is 1. The number of alkyl carbamates (subject to hydrolysis) is 1. The van der Waals surface area contributed by atoms with Gasteiger partial charge in [-0.15, -0.1) is 0 Å². The number of ether oxygens (including phenoxy) is 1. The molecule has 35 heavy (non-hydrogen) atoms. The number of amides is 2. The van der Waals surface area contributed by atoms with E-state index in [-0.39, 0.29) is 18.9 Å². The molecule has 0 saturated heterocycles. The molecule has 0 spiro atoms. The van der Waals surface area contributed by atoms with Crippen molar-refractivity contribution in [1.29, 1.82) is 0 Å².